The lowest BCUT2D eigenvalue weighted by Crippen LogP contribution is -2.67. The van der Waals surface area contributed by atoms with Gasteiger partial charge in [-0.2, -0.15) is 5.10 Å². The average Bonchev–Trinajstić information content (AvgIpc) is 2.88. The van der Waals surface area contributed by atoms with Gasteiger partial charge in [0.05, 0.1) is 0 Å². The van der Waals surface area contributed by atoms with E-state index in [0.29, 0.717) is 5.56 Å². The van der Waals surface area contributed by atoms with Gasteiger partial charge < -0.3 is 30.1 Å². The highest BCUT2D eigenvalue weighted by molar-refractivity contribution is 7.81. The number of nitrogens with one attached hydrogen (secondary N) is 2. The van der Waals surface area contributed by atoms with Gasteiger partial charge >= 0.3 is 5.97 Å². The minimum Gasteiger partial charge on any atom is -0.504 e. The molecule has 1 unspecified atom stereocenters. The van der Waals surface area contributed by atoms with E-state index in [-0.39, 0.29) is 18.4 Å². The third-order valence-electron chi connectivity index (χ3n) is 6.30. The highest BCUT2D eigenvalue weighted by atomic mass is 32.2. The van der Waals surface area contributed by atoms with Crippen molar-refractivity contribution < 1.29 is 43.3 Å². The first-order valence-corrected chi connectivity index (χ1v) is 12.8. The number of hydrogen-bond acceptors (Lipinski definition) is 8. The van der Waals surface area contributed by atoms with E-state index >= 15 is 0 Å². The van der Waals surface area contributed by atoms with Crippen LogP contribution in [0.25, 0.3) is 0 Å². The Bertz CT molecular complexity index is 1320. The maximum Gasteiger partial charge on any atom is 0.328 e. The van der Waals surface area contributed by atoms with Crippen molar-refractivity contribution >= 4 is 41.0 Å². The Morgan fingerprint density at radius 2 is 1.85 bits per heavy atom. The molecule has 0 radical (unpaired) electrons. The van der Waals surface area contributed by atoms with E-state index in [4.69, 9.17) is 0 Å². The molecule has 2 aromatic carbocycles. The van der Waals surface area contributed by atoms with Crippen LogP contribution >= 0.6 is 0 Å². The first kappa shape index (κ1) is 29.3. The number of phenols is 2. The molecule has 3 rings (SSSR count). The Balaban J connectivity index is 1.83. The van der Waals surface area contributed by atoms with E-state index in [1.807, 2.05) is 0 Å². The van der Waals surface area contributed by atoms with E-state index in [1.54, 1.807) is 37.3 Å². The molecule has 1 fully saturated rings. The van der Waals surface area contributed by atoms with Crippen LogP contribution in [0.5, 0.6) is 11.5 Å². The number of β-lactam (4-membered cyclic amide) rings is 1. The molecule has 0 bridgehead atoms. The van der Waals surface area contributed by atoms with Gasteiger partial charge in [0.1, 0.15) is 10.8 Å². The number of benzene rings is 2. The molecular weight excluding hydrogens is 532 g/mol. The van der Waals surface area contributed by atoms with Crippen molar-refractivity contribution in [1.29, 1.82) is 0 Å². The lowest BCUT2D eigenvalue weighted by Gasteiger charge is -2.46. The lowest BCUT2D eigenvalue weighted by atomic mass is 9.92. The quantitative estimate of drug-likeness (QED) is 0.0747. The number of carbonyl (C=O) groups excluding carboxylic acids is 3. The fraction of sp³-hybridized carbons (Fsp3) is 0.320. The molecule has 39 heavy (non-hydrogen) atoms. The van der Waals surface area contributed by atoms with E-state index in [0.717, 1.165) is 30.2 Å². The first-order chi connectivity index (χ1) is 18.3. The second kappa shape index (κ2) is 12.0. The highest BCUT2D eigenvalue weighted by Gasteiger charge is 2.53. The number of amides is 3. The number of aromatic hydroxyl groups is 2. The highest BCUT2D eigenvalue weighted by Crippen LogP contribution is 2.30. The summed E-state index contributed by atoms with van der Waals surface area (Å²) in [6, 6.07) is 8.61. The molecule has 2 aromatic rings. The fourth-order valence-corrected chi connectivity index (χ4v) is 4.66. The zero-order valence-corrected chi connectivity index (χ0v) is 21.8. The van der Waals surface area contributed by atoms with Crippen LogP contribution in [0.15, 0.2) is 53.6 Å². The van der Waals surface area contributed by atoms with E-state index in [2.05, 4.69) is 15.8 Å². The second-order valence-electron chi connectivity index (χ2n) is 9.18. The molecule has 1 saturated heterocycles. The van der Waals surface area contributed by atoms with E-state index < -0.39 is 69.1 Å². The molecule has 1 heterocycles. The maximum absolute atomic E-state index is 13.1. The minimum atomic E-state index is -2.82. The monoisotopic (exact) mass is 560 g/mol. The number of hydrogen-bond donors (Lipinski definition) is 6. The minimum absolute atomic E-state index is 0.0126. The zero-order valence-electron chi connectivity index (χ0n) is 21.0. The number of likely N-dealkylation sites (tertiary alicyclic amines) is 1. The number of hydrazone groups is 1. The molecule has 0 aromatic heterocycles. The summed E-state index contributed by atoms with van der Waals surface area (Å²) in [6.45, 7) is 2.72. The Morgan fingerprint density at radius 3 is 2.38 bits per heavy atom. The Kier molecular flexibility index (Phi) is 9.04. The summed E-state index contributed by atoms with van der Waals surface area (Å²) in [7, 11) is 0. The predicted molar refractivity (Wildman–Crippen MR) is 139 cm³/mol. The molecule has 1 aliphatic heterocycles. The van der Waals surface area contributed by atoms with Crippen LogP contribution < -0.4 is 10.7 Å². The van der Waals surface area contributed by atoms with Crippen LogP contribution in [0.3, 0.4) is 0 Å². The third-order valence-corrected chi connectivity index (χ3v) is 7.38. The molecule has 0 saturated carbocycles. The van der Waals surface area contributed by atoms with Gasteiger partial charge in [0.15, 0.2) is 28.6 Å². The Labute approximate surface area is 225 Å². The summed E-state index contributed by atoms with van der Waals surface area (Å²) in [4.78, 5) is 50.9. The van der Waals surface area contributed by atoms with Gasteiger partial charge in [-0.25, -0.2) is 14.4 Å². The fourth-order valence-electron chi connectivity index (χ4n) is 4.11. The van der Waals surface area contributed by atoms with Gasteiger partial charge in [0.2, 0.25) is 5.91 Å². The summed E-state index contributed by atoms with van der Waals surface area (Å²) in [6.07, 6.45) is 0.891. The molecule has 208 valence electrons. The van der Waals surface area contributed by atoms with E-state index in [1.165, 1.54) is 6.07 Å². The summed E-state index contributed by atoms with van der Waals surface area (Å²) in [5.74, 6) is -4.58. The van der Waals surface area contributed by atoms with E-state index in [9.17, 15) is 43.3 Å². The SMILES string of the molecule is C[C@@H]1CC(=O)N1[C@@H](C(=O)O)[C@](C)(/C=N/NC(=O)[C@H](Cc1ccccc1)NC(=O)c1ccc(O)c(O)c1)S(=O)O. The molecule has 6 N–H and O–H groups in total. The summed E-state index contributed by atoms with van der Waals surface area (Å²) >= 11 is -2.82. The topological polar surface area (TPSA) is 206 Å². The molecule has 1 aliphatic rings. The standard InChI is InChI=1S/C25H28N4O9S/c1-14-10-20(32)29(14)21(24(35)36)25(2,39(37)38)13-26-28-23(34)17(11-15-6-4-3-5-7-15)27-22(33)16-8-9-18(30)19(31)12-16/h3-9,12-14,17,21,30-31H,10-11H2,1-2H3,(H,27,33)(H,28,34)(H,35,36)(H,37,38)/b26-13+/t14-,17+,21+,25+/m1/s1. The summed E-state index contributed by atoms with van der Waals surface area (Å²) in [5, 5.41) is 35.2. The Morgan fingerprint density at radius 1 is 1.18 bits per heavy atom. The van der Waals surface area contributed by atoms with Crippen molar-refractivity contribution in [3.63, 3.8) is 0 Å². The van der Waals surface area contributed by atoms with Crippen LogP contribution in [-0.2, 0) is 31.9 Å². The number of phenolic OH excluding ortho intramolecular Hbond substituents is 2. The number of carbonyl (C=O) groups is 4. The zero-order chi connectivity index (χ0) is 28.9. The van der Waals surface area contributed by atoms with Gasteiger partial charge in [0, 0.05) is 30.7 Å². The normalized spacial score (nSPS) is 18.9. The number of carboxylic acids is 1. The molecule has 5 atom stereocenters. The van der Waals surface area contributed by atoms with Gasteiger partial charge in [-0.1, -0.05) is 30.3 Å². The van der Waals surface area contributed by atoms with Crippen molar-refractivity contribution in [2.24, 2.45) is 5.10 Å². The van der Waals surface area contributed by atoms with Gasteiger partial charge in [0.25, 0.3) is 11.8 Å². The summed E-state index contributed by atoms with van der Waals surface area (Å²) in [5.41, 5.74) is 2.80. The number of nitrogens with zero attached hydrogens (tertiary/aromatic N) is 2. The van der Waals surface area contributed by atoms with Crippen LogP contribution in [0.1, 0.15) is 36.2 Å². The maximum atomic E-state index is 13.1. The first-order valence-electron chi connectivity index (χ1n) is 11.7. The second-order valence-corrected chi connectivity index (χ2v) is 10.6. The molecule has 0 spiro atoms. The summed E-state index contributed by atoms with van der Waals surface area (Å²) < 4.78 is 20.1. The van der Waals surface area contributed by atoms with Crippen molar-refractivity contribution in [1.82, 2.24) is 15.6 Å². The van der Waals surface area contributed by atoms with Gasteiger partial charge in [-0.3, -0.25) is 14.4 Å². The number of rotatable bonds is 11. The third kappa shape index (κ3) is 6.59. The predicted octanol–water partition coefficient (Wildman–Crippen LogP) is 0.595. The van der Waals surface area contributed by atoms with Crippen molar-refractivity contribution in [2.75, 3.05) is 0 Å². The number of aliphatic carboxylic acids is 1. The molecule has 14 heteroatoms. The van der Waals surface area contributed by atoms with Crippen LogP contribution in [0.2, 0.25) is 0 Å². The van der Waals surface area contributed by atoms with Gasteiger partial charge in [-0.15, -0.1) is 0 Å². The van der Waals surface area contributed by atoms with Gasteiger partial charge in [-0.05, 0) is 37.6 Å². The van der Waals surface area contributed by atoms with Crippen molar-refractivity contribution in [2.45, 2.75) is 49.6 Å². The van der Waals surface area contributed by atoms with Crippen molar-refractivity contribution in [3.8, 4) is 11.5 Å². The van der Waals surface area contributed by atoms with Crippen LogP contribution in [-0.4, -0.2) is 81.8 Å². The van der Waals surface area contributed by atoms with Crippen LogP contribution in [0.4, 0.5) is 0 Å². The number of carboxylic acid groups (broad SMARTS) is 1. The molecular formula is C25H28N4O9S. The van der Waals surface area contributed by atoms with Crippen molar-refractivity contribution in [3.05, 3.63) is 59.7 Å². The Hall–Kier alpha value is -4.30. The average molecular weight is 561 g/mol. The molecule has 13 nitrogen and oxygen atoms in total. The molecule has 3 amide bonds. The lowest BCUT2D eigenvalue weighted by molar-refractivity contribution is -0.161. The molecule has 0 aliphatic carbocycles. The smallest absolute Gasteiger partial charge is 0.328 e. The van der Waals surface area contributed by atoms with Crippen LogP contribution in [0, 0.1) is 0 Å². The largest absolute Gasteiger partial charge is 0.504 e.